The van der Waals surface area contributed by atoms with E-state index in [2.05, 4.69) is 16.6 Å². The number of benzene rings is 1. The van der Waals surface area contributed by atoms with Gasteiger partial charge in [-0.25, -0.2) is 4.79 Å². The number of hydrogen-bond donors (Lipinski definition) is 2. The SMILES string of the molecule is CSCCCNc1nc2ccc(C(=O)O)cc2o1. The van der Waals surface area contributed by atoms with Gasteiger partial charge in [-0.05, 0) is 36.6 Å². The molecule has 1 aromatic carbocycles. The summed E-state index contributed by atoms with van der Waals surface area (Å²) in [5.74, 6) is 0.110. The fraction of sp³-hybridized carbons (Fsp3) is 0.333. The van der Waals surface area contributed by atoms with Crippen molar-refractivity contribution in [1.29, 1.82) is 0 Å². The Morgan fingerprint density at radius 1 is 1.56 bits per heavy atom. The molecule has 6 heteroatoms. The topological polar surface area (TPSA) is 75.4 Å². The highest BCUT2D eigenvalue weighted by Gasteiger charge is 2.09. The van der Waals surface area contributed by atoms with Crippen molar-refractivity contribution >= 4 is 34.8 Å². The van der Waals surface area contributed by atoms with Crippen molar-refractivity contribution < 1.29 is 14.3 Å². The highest BCUT2D eigenvalue weighted by Crippen LogP contribution is 2.20. The van der Waals surface area contributed by atoms with Gasteiger partial charge >= 0.3 is 5.97 Å². The van der Waals surface area contributed by atoms with Crippen molar-refractivity contribution in [2.24, 2.45) is 0 Å². The molecule has 18 heavy (non-hydrogen) atoms. The summed E-state index contributed by atoms with van der Waals surface area (Å²) in [6.45, 7) is 0.791. The van der Waals surface area contributed by atoms with Crippen molar-refractivity contribution in [3.63, 3.8) is 0 Å². The Bertz CT molecular complexity index is 553. The number of hydrogen-bond acceptors (Lipinski definition) is 5. The van der Waals surface area contributed by atoms with E-state index in [0.717, 1.165) is 18.7 Å². The van der Waals surface area contributed by atoms with E-state index < -0.39 is 5.97 Å². The molecule has 0 aliphatic heterocycles. The zero-order chi connectivity index (χ0) is 13.0. The van der Waals surface area contributed by atoms with Crippen LogP contribution in [0.2, 0.25) is 0 Å². The van der Waals surface area contributed by atoms with Gasteiger partial charge in [0.05, 0.1) is 5.56 Å². The Morgan fingerprint density at radius 2 is 2.39 bits per heavy atom. The lowest BCUT2D eigenvalue weighted by Crippen LogP contribution is -2.02. The van der Waals surface area contributed by atoms with Gasteiger partial charge in [0.25, 0.3) is 6.01 Å². The van der Waals surface area contributed by atoms with Crippen molar-refractivity contribution in [2.45, 2.75) is 6.42 Å². The number of fused-ring (bicyclic) bond motifs is 1. The van der Waals surface area contributed by atoms with E-state index in [9.17, 15) is 4.79 Å². The second-order valence-corrected chi connectivity index (χ2v) is 4.77. The van der Waals surface area contributed by atoms with Gasteiger partial charge in [-0.1, -0.05) is 0 Å². The summed E-state index contributed by atoms with van der Waals surface area (Å²) in [5, 5.41) is 12.0. The molecule has 96 valence electrons. The number of thioether (sulfide) groups is 1. The molecule has 2 N–H and O–H groups in total. The Hall–Kier alpha value is -1.69. The third kappa shape index (κ3) is 2.95. The van der Waals surface area contributed by atoms with Crippen molar-refractivity contribution in [2.75, 3.05) is 23.9 Å². The number of oxazole rings is 1. The molecular weight excluding hydrogens is 252 g/mol. The van der Waals surface area contributed by atoms with Crippen LogP contribution in [0.15, 0.2) is 22.6 Å². The highest BCUT2D eigenvalue weighted by atomic mass is 32.2. The third-order valence-electron chi connectivity index (χ3n) is 2.44. The molecule has 0 amide bonds. The van der Waals surface area contributed by atoms with Gasteiger partial charge in [0.2, 0.25) is 0 Å². The summed E-state index contributed by atoms with van der Waals surface area (Å²) in [6, 6.07) is 5.09. The molecule has 0 unspecified atom stereocenters. The highest BCUT2D eigenvalue weighted by molar-refractivity contribution is 7.98. The van der Waals surface area contributed by atoms with Gasteiger partial charge in [0, 0.05) is 6.54 Å². The van der Waals surface area contributed by atoms with Crippen LogP contribution in [0.3, 0.4) is 0 Å². The summed E-state index contributed by atoms with van der Waals surface area (Å²) in [5.41, 5.74) is 1.35. The molecule has 0 saturated carbocycles. The van der Waals surface area contributed by atoms with E-state index in [-0.39, 0.29) is 5.56 Å². The van der Waals surface area contributed by atoms with E-state index in [1.165, 1.54) is 12.1 Å². The number of nitrogens with zero attached hydrogens (tertiary/aromatic N) is 1. The number of carbonyl (C=O) groups is 1. The molecule has 0 atom stereocenters. The van der Waals surface area contributed by atoms with Crippen molar-refractivity contribution in [3.8, 4) is 0 Å². The van der Waals surface area contributed by atoms with Crippen LogP contribution in [0.25, 0.3) is 11.1 Å². The van der Waals surface area contributed by atoms with E-state index in [1.54, 1.807) is 17.8 Å². The standard InChI is InChI=1S/C12H14N2O3S/c1-18-6-2-5-13-12-14-9-4-3-8(11(15)16)7-10(9)17-12/h3-4,7H,2,5-6H2,1H3,(H,13,14)(H,15,16). The average molecular weight is 266 g/mol. The molecule has 1 heterocycles. The van der Waals surface area contributed by atoms with Crippen molar-refractivity contribution in [3.05, 3.63) is 23.8 Å². The van der Waals surface area contributed by atoms with E-state index in [0.29, 0.717) is 17.1 Å². The quantitative estimate of drug-likeness (QED) is 0.783. The zero-order valence-corrected chi connectivity index (χ0v) is 10.8. The summed E-state index contributed by atoms with van der Waals surface area (Å²) >= 11 is 1.79. The molecule has 0 saturated heterocycles. The van der Waals surface area contributed by atoms with Crippen LogP contribution in [0.4, 0.5) is 6.01 Å². The Balaban J connectivity index is 2.09. The van der Waals surface area contributed by atoms with Gasteiger partial charge in [0.15, 0.2) is 5.58 Å². The van der Waals surface area contributed by atoms with Crippen molar-refractivity contribution in [1.82, 2.24) is 4.98 Å². The second-order valence-electron chi connectivity index (χ2n) is 3.78. The van der Waals surface area contributed by atoms with E-state index in [1.807, 2.05) is 0 Å². The molecule has 2 aromatic rings. The number of aromatic nitrogens is 1. The van der Waals surface area contributed by atoms with E-state index in [4.69, 9.17) is 9.52 Å². The number of carboxylic acids is 1. The van der Waals surface area contributed by atoms with Crippen LogP contribution < -0.4 is 5.32 Å². The number of carboxylic acid groups (broad SMARTS) is 1. The van der Waals surface area contributed by atoms with Gasteiger partial charge in [0.1, 0.15) is 5.52 Å². The minimum Gasteiger partial charge on any atom is -0.478 e. The molecule has 0 bridgehead atoms. The summed E-state index contributed by atoms with van der Waals surface area (Å²) in [6.07, 6.45) is 3.09. The Labute approximate surface area is 109 Å². The van der Waals surface area contributed by atoms with Gasteiger partial charge in [-0.15, -0.1) is 0 Å². The van der Waals surface area contributed by atoms with E-state index >= 15 is 0 Å². The fourth-order valence-electron chi connectivity index (χ4n) is 1.55. The molecule has 1 aromatic heterocycles. The van der Waals surface area contributed by atoms with Crippen LogP contribution in [-0.4, -0.2) is 34.6 Å². The van der Waals surface area contributed by atoms with Gasteiger partial charge in [-0.3, -0.25) is 0 Å². The number of anilines is 1. The number of nitrogens with one attached hydrogen (secondary N) is 1. The Morgan fingerprint density at radius 3 is 3.11 bits per heavy atom. The fourth-order valence-corrected chi connectivity index (χ4v) is 1.98. The minimum atomic E-state index is -0.970. The minimum absolute atomic E-state index is 0.201. The zero-order valence-electron chi connectivity index (χ0n) is 9.97. The molecule has 2 rings (SSSR count). The second kappa shape index (κ2) is 5.77. The van der Waals surface area contributed by atoms with Crippen LogP contribution in [-0.2, 0) is 0 Å². The summed E-state index contributed by atoms with van der Waals surface area (Å²) in [4.78, 5) is 15.0. The van der Waals surface area contributed by atoms with Gasteiger partial charge in [-0.2, -0.15) is 16.7 Å². The maximum absolute atomic E-state index is 10.8. The molecule has 0 fully saturated rings. The lowest BCUT2D eigenvalue weighted by Gasteiger charge is -1.98. The maximum atomic E-state index is 10.8. The molecule has 0 aliphatic rings. The predicted octanol–water partition coefficient (Wildman–Crippen LogP) is 2.69. The lowest BCUT2D eigenvalue weighted by molar-refractivity contribution is 0.0697. The Kier molecular flexibility index (Phi) is 4.09. The largest absolute Gasteiger partial charge is 0.478 e. The van der Waals surface area contributed by atoms with Crippen LogP contribution in [0, 0.1) is 0 Å². The molecule has 0 spiro atoms. The maximum Gasteiger partial charge on any atom is 0.335 e. The third-order valence-corrected chi connectivity index (χ3v) is 3.13. The molecule has 0 radical (unpaired) electrons. The first-order chi connectivity index (χ1) is 8.70. The molecule has 5 nitrogen and oxygen atoms in total. The predicted molar refractivity (Wildman–Crippen MR) is 72.5 cm³/mol. The first kappa shape index (κ1) is 12.8. The number of rotatable bonds is 6. The first-order valence-corrected chi connectivity index (χ1v) is 6.97. The van der Waals surface area contributed by atoms with Crippen LogP contribution in [0.1, 0.15) is 16.8 Å². The smallest absolute Gasteiger partial charge is 0.335 e. The van der Waals surface area contributed by atoms with Crippen LogP contribution >= 0.6 is 11.8 Å². The first-order valence-electron chi connectivity index (χ1n) is 5.57. The molecular formula is C12H14N2O3S. The monoisotopic (exact) mass is 266 g/mol. The normalized spacial score (nSPS) is 10.7. The molecule has 0 aliphatic carbocycles. The average Bonchev–Trinajstić information content (AvgIpc) is 2.76. The number of aromatic carboxylic acids is 1. The van der Waals surface area contributed by atoms with Gasteiger partial charge < -0.3 is 14.8 Å². The lowest BCUT2D eigenvalue weighted by atomic mass is 10.2. The van der Waals surface area contributed by atoms with Crippen LogP contribution in [0.5, 0.6) is 0 Å². The summed E-state index contributed by atoms with van der Waals surface area (Å²) in [7, 11) is 0. The summed E-state index contributed by atoms with van der Waals surface area (Å²) < 4.78 is 5.45.